The van der Waals surface area contributed by atoms with Crippen molar-refractivity contribution in [3.63, 3.8) is 0 Å². The van der Waals surface area contributed by atoms with E-state index in [4.69, 9.17) is 0 Å². The van der Waals surface area contributed by atoms with Gasteiger partial charge in [-0.25, -0.2) is 0 Å². The van der Waals surface area contributed by atoms with Gasteiger partial charge in [0.1, 0.15) is 13.1 Å². The first-order valence-electron chi connectivity index (χ1n) is 8.28. The SMILES string of the molecule is O=C(Cn1c(-c2cccs2)cc2ccccc21)NCc1cccc[n+]1[O-]. The lowest BCUT2D eigenvalue weighted by Gasteiger charge is -2.10. The van der Waals surface area contributed by atoms with Crippen LogP contribution in [-0.2, 0) is 17.9 Å². The average molecular weight is 363 g/mol. The lowest BCUT2D eigenvalue weighted by atomic mass is 10.2. The van der Waals surface area contributed by atoms with Crippen molar-refractivity contribution in [1.29, 1.82) is 0 Å². The minimum atomic E-state index is -0.131. The number of hydrogen-bond acceptors (Lipinski definition) is 3. The third-order valence-electron chi connectivity index (χ3n) is 4.26. The fourth-order valence-electron chi connectivity index (χ4n) is 3.00. The van der Waals surface area contributed by atoms with Crippen LogP contribution in [0, 0.1) is 5.21 Å². The van der Waals surface area contributed by atoms with Crippen molar-refractivity contribution in [3.8, 4) is 10.6 Å². The highest BCUT2D eigenvalue weighted by atomic mass is 32.1. The Morgan fingerprint density at radius 3 is 2.77 bits per heavy atom. The van der Waals surface area contributed by atoms with Crippen LogP contribution < -0.4 is 10.0 Å². The monoisotopic (exact) mass is 363 g/mol. The minimum Gasteiger partial charge on any atom is -0.618 e. The summed E-state index contributed by atoms with van der Waals surface area (Å²) >= 11 is 1.65. The normalized spacial score (nSPS) is 10.9. The molecule has 5 nitrogen and oxygen atoms in total. The van der Waals surface area contributed by atoms with E-state index in [1.807, 2.05) is 40.3 Å². The maximum Gasteiger partial charge on any atom is 0.240 e. The van der Waals surface area contributed by atoms with E-state index < -0.39 is 0 Å². The molecule has 0 aliphatic heterocycles. The van der Waals surface area contributed by atoms with Crippen LogP contribution in [0.4, 0.5) is 0 Å². The zero-order valence-electron chi connectivity index (χ0n) is 14.0. The summed E-state index contributed by atoms with van der Waals surface area (Å²) in [5, 5.41) is 17.7. The lowest BCUT2D eigenvalue weighted by Crippen LogP contribution is -2.36. The van der Waals surface area contributed by atoms with Gasteiger partial charge in [-0.3, -0.25) is 4.79 Å². The molecule has 0 bridgehead atoms. The van der Waals surface area contributed by atoms with Crippen molar-refractivity contribution in [2.45, 2.75) is 13.1 Å². The molecule has 0 saturated heterocycles. The molecule has 0 fully saturated rings. The van der Waals surface area contributed by atoms with E-state index in [1.54, 1.807) is 29.5 Å². The van der Waals surface area contributed by atoms with Gasteiger partial charge >= 0.3 is 0 Å². The van der Waals surface area contributed by atoms with Gasteiger partial charge in [0.2, 0.25) is 11.6 Å². The molecule has 0 spiro atoms. The highest BCUT2D eigenvalue weighted by molar-refractivity contribution is 7.13. The Morgan fingerprint density at radius 1 is 1.12 bits per heavy atom. The number of nitrogens with zero attached hydrogens (tertiary/aromatic N) is 2. The molecule has 1 N–H and O–H groups in total. The third-order valence-corrected chi connectivity index (χ3v) is 5.15. The fraction of sp³-hybridized carbons (Fsp3) is 0.100. The minimum absolute atomic E-state index is 0.131. The second-order valence-electron chi connectivity index (χ2n) is 5.95. The number of para-hydroxylation sites is 1. The molecule has 4 rings (SSSR count). The first kappa shape index (κ1) is 16.4. The van der Waals surface area contributed by atoms with E-state index in [2.05, 4.69) is 17.4 Å². The Kier molecular flexibility index (Phi) is 4.41. The summed E-state index contributed by atoms with van der Waals surface area (Å²) in [4.78, 5) is 13.6. The lowest BCUT2D eigenvalue weighted by molar-refractivity contribution is -0.614. The van der Waals surface area contributed by atoms with Crippen molar-refractivity contribution in [1.82, 2.24) is 9.88 Å². The number of pyridine rings is 1. The first-order chi connectivity index (χ1) is 12.7. The number of nitrogens with one attached hydrogen (secondary N) is 1. The van der Waals surface area contributed by atoms with Crippen LogP contribution in [0.2, 0.25) is 0 Å². The number of carbonyl (C=O) groups is 1. The number of benzene rings is 1. The number of fused-ring (bicyclic) bond motifs is 1. The Labute approximate surface area is 154 Å². The van der Waals surface area contributed by atoms with Crippen LogP contribution in [0.25, 0.3) is 21.5 Å². The number of thiophene rings is 1. The molecule has 26 heavy (non-hydrogen) atoms. The van der Waals surface area contributed by atoms with Crippen LogP contribution in [0.1, 0.15) is 5.69 Å². The summed E-state index contributed by atoms with van der Waals surface area (Å²) < 4.78 is 2.79. The molecule has 0 radical (unpaired) electrons. The molecule has 0 aliphatic rings. The highest BCUT2D eigenvalue weighted by Gasteiger charge is 2.14. The summed E-state index contributed by atoms with van der Waals surface area (Å²) in [6, 6.07) is 19.3. The number of carbonyl (C=O) groups excluding carboxylic acids is 1. The van der Waals surface area contributed by atoms with Gasteiger partial charge in [0.25, 0.3) is 0 Å². The molecule has 3 aromatic heterocycles. The molecule has 130 valence electrons. The smallest absolute Gasteiger partial charge is 0.240 e. The quantitative estimate of drug-likeness (QED) is 0.437. The van der Waals surface area contributed by atoms with E-state index in [0.29, 0.717) is 5.69 Å². The molecular formula is C20H17N3O2S. The largest absolute Gasteiger partial charge is 0.618 e. The zero-order chi connectivity index (χ0) is 17.9. The standard InChI is InChI=1S/C20H17N3O2S/c24-20(21-13-16-7-3-4-10-23(16)25)14-22-17-8-2-1-6-15(17)12-18(22)19-9-5-11-26-19/h1-12H,13-14H2,(H,21,24). The van der Waals surface area contributed by atoms with Crippen molar-refractivity contribution in [2.75, 3.05) is 0 Å². The Bertz CT molecular complexity index is 1050. The van der Waals surface area contributed by atoms with Gasteiger partial charge in [-0.15, -0.1) is 11.3 Å². The van der Waals surface area contributed by atoms with Crippen molar-refractivity contribution < 1.29 is 9.52 Å². The Hall–Kier alpha value is -3.12. The fourth-order valence-corrected chi connectivity index (χ4v) is 3.75. The van der Waals surface area contributed by atoms with Gasteiger partial charge in [0, 0.05) is 23.0 Å². The first-order valence-corrected chi connectivity index (χ1v) is 9.16. The molecule has 0 aliphatic carbocycles. The second kappa shape index (κ2) is 7.01. The van der Waals surface area contributed by atoms with Crippen molar-refractivity contribution in [3.05, 3.63) is 83.1 Å². The van der Waals surface area contributed by atoms with Crippen LogP contribution in [0.15, 0.2) is 72.2 Å². The number of amides is 1. The molecular weight excluding hydrogens is 346 g/mol. The van der Waals surface area contributed by atoms with E-state index in [9.17, 15) is 10.0 Å². The molecule has 0 saturated carbocycles. The Balaban J connectivity index is 1.59. The maximum atomic E-state index is 12.5. The summed E-state index contributed by atoms with van der Waals surface area (Å²) in [6.07, 6.45) is 1.43. The van der Waals surface area contributed by atoms with Gasteiger partial charge in [0.15, 0.2) is 6.20 Å². The Morgan fingerprint density at radius 2 is 1.96 bits per heavy atom. The van der Waals surface area contributed by atoms with Crippen molar-refractivity contribution in [2.24, 2.45) is 0 Å². The number of aromatic nitrogens is 2. The van der Waals surface area contributed by atoms with Gasteiger partial charge < -0.3 is 15.1 Å². The van der Waals surface area contributed by atoms with Crippen LogP contribution >= 0.6 is 11.3 Å². The zero-order valence-corrected chi connectivity index (χ0v) is 14.8. The summed E-state index contributed by atoms with van der Waals surface area (Å²) in [6.45, 7) is 0.406. The maximum absolute atomic E-state index is 12.5. The van der Waals surface area contributed by atoms with Gasteiger partial charge in [-0.05, 0) is 29.6 Å². The topological polar surface area (TPSA) is 61.0 Å². The number of hydrogen-bond donors (Lipinski definition) is 1. The van der Waals surface area contributed by atoms with E-state index >= 15 is 0 Å². The molecule has 0 atom stereocenters. The van der Waals surface area contributed by atoms with E-state index in [-0.39, 0.29) is 19.0 Å². The van der Waals surface area contributed by atoms with E-state index in [1.165, 1.54) is 6.20 Å². The molecule has 1 aromatic carbocycles. The second-order valence-corrected chi connectivity index (χ2v) is 6.89. The summed E-state index contributed by atoms with van der Waals surface area (Å²) in [5.74, 6) is -0.131. The highest BCUT2D eigenvalue weighted by Crippen LogP contribution is 2.31. The van der Waals surface area contributed by atoms with Gasteiger partial charge in [-0.2, -0.15) is 4.73 Å². The van der Waals surface area contributed by atoms with Gasteiger partial charge in [0.05, 0.1) is 10.6 Å². The van der Waals surface area contributed by atoms with Crippen LogP contribution in [-0.4, -0.2) is 10.5 Å². The summed E-state index contributed by atoms with van der Waals surface area (Å²) in [5.41, 5.74) is 2.55. The van der Waals surface area contributed by atoms with Crippen LogP contribution in [0.3, 0.4) is 0 Å². The molecule has 0 unspecified atom stereocenters. The van der Waals surface area contributed by atoms with E-state index in [0.717, 1.165) is 26.2 Å². The predicted octanol–water partition coefficient (Wildman–Crippen LogP) is 3.32. The average Bonchev–Trinajstić information content (AvgIpc) is 3.29. The molecule has 1 amide bonds. The van der Waals surface area contributed by atoms with Crippen molar-refractivity contribution >= 4 is 28.1 Å². The molecule has 3 heterocycles. The van der Waals surface area contributed by atoms with Gasteiger partial charge in [-0.1, -0.05) is 24.3 Å². The summed E-state index contributed by atoms with van der Waals surface area (Å²) in [7, 11) is 0. The number of rotatable bonds is 5. The molecule has 6 heteroatoms. The third kappa shape index (κ3) is 3.19. The van der Waals surface area contributed by atoms with Crippen LogP contribution in [0.5, 0.6) is 0 Å². The molecule has 4 aromatic rings. The predicted molar refractivity (Wildman–Crippen MR) is 102 cm³/mol.